The molecule has 0 spiro atoms. The predicted molar refractivity (Wildman–Crippen MR) is 91.9 cm³/mol. The summed E-state index contributed by atoms with van der Waals surface area (Å²) in [6, 6.07) is 8.80. The Bertz CT molecular complexity index is 585. The van der Waals surface area contributed by atoms with Crippen LogP contribution in [0.15, 0.2) is 35.2 Å². The smallest absolute Gasteiger partial charge is 0.243 e. The van der Waals surface area contributed by atoms with Crippen molar-refractivity contribution in [3.8, 4) is 0 Å². The molecule has 2 fully saturated rings. The van der Waals surface area contributed by atoms with E-state index in [1.165, 1.54) is 12.8 Å². The average Bonchev–Trinajstić information content (AvgIpc) is 2.83. The molecular weight excluding hydrogens is 310 g/mol. The Morgan fingerprint density at radius 3 is 2.48 bits per heavy atom. The first kappa shape index (κ1) is 16.9. The van der Waals surface area contributed by atoms with Crippen LogP contribution < -0.4 is 5.32 Å². The van der Waals surface area contributed by atoms with Crippen LogP contribution in [0.1, 0.15) is 19.3 Å². The molecule has 0 unspecified atom stereocenters. The molecule has 2 aliphatic heterocycles. The number of piperidine rings is 1. The van der Waals surface area contributed by atoms with Gasteiger partial charge < -0.3 is 10.2 Å². The first-order valence-electron chi connectivity index (χ1n) is 8.64. The van der Waals surface area contributed by atoms with Gasteiger partial charge in [-0.1, -0.05) is 18.2 Å². The summed E-state index contributed by atoms with van der Waals surface area (Å²) >= 11 is 0. The van der Waals surface area contributed by atoms with Crippen LogP contribution in [0.3, 0.4) is 0 Å². The molecule has 6 heteroatoms. The van der Waals surface area contributed by atoms with Gasteiger partial charge in [0.1, 0.15) is 0 Å². The Kier molecular flexibility index (Phi) is 5.69. The van der Waals surface area contributed by atoms with E-state index in [0.717, 1.165) is 45.1 Å². The van der Waals surface area contributed by atoms with E-state index >= 15 is 0 Å². The minimum absolute atomic E-state index is 0.409. The first-order chi connectivity index (χ1) is 11.2. The molecule has 1 aromatic rings. The number of sulfonamides is 1. The van der Waals surface area contributed by atoms with Gasteiger partial charge in [-0.2, -0.15) is 4.31 Å². The van der Waals surface area contributed by atoms with Crippen LogP contribution in [-0.4, -0.2) is 63.4 Å². The summed E-state index contributed by atoms with van der Waals surface area (Å²) in [5.74, 6) is 0.758. The van der Waals surface area contributed by atoms with Gasteiger partial charge >= 0.3 is 0 Å². The van der Waals surface area contributed by atoms with E-state index in [2.05, 4.69) is 10.2 Å². The van der Waals surface area contributed by atoms with Gasteiger partial charge in [0.25, 0.3) is 0 Å². The van der Waals surface area contributed by atoms with E-state index in [1.54, 1.807) is 28.6 Å². The molecule has 2 aliphatic rings. The summed E-state index contributed by atoms with van der Waals surface area (Å²) in [6.45, 7) is 6.42. The van der Waals surface area contributed by atoms with Crippen molar-refractivity contribution in [2.45, 2.75) is 24.2 Å². The highest BCUT2D eigenvalue weighted by Crippen LogP contribution is 2.19. The molecule has 0 bridgehead atoms. The Morgan fingerprint density at radius 1 is 1.00 bits per heavy atom. The molecule has 128 valence electrons. The summed E-state index contributed by atoms with van der Waals surface area (Å²) in [7, 11) is -3.35. The maximum Gasteiger partial charge on any atom is 0.243 e. The van der Waals surface area contributed by atoms with Crippen LogP contribution in [0.5, 0.6) is 0 Å². The van der Waals surface area contributed by atoms with Crippen molar-refractivity contribution in [2.24, 2.45) is 5.92 Å². The number of benzene rings is 1. The van der Waals surface area contributed by atoms with Gasteiger partial charge in [-0.05, 0) is 56.9 Å². The van der Waals surface area contributed by atoms with Crippen molar-refractivity contribution < 1.29 is 8.42 Å². The number of hydrogen-bond acceptors (Lipinski definition) is 4. The average molecular weight is 337 g/mol. The van der Waals surface area contributed by atoms with Gasteiger partial charge in [-0.25, -0.2) is 8.42 Å². The van der Waals surface area contributed by atoms with Crippen LogP contribution in [0.2, 0.25) is 0 Å². The number of nitrogens with one attached hydrogen (secondary N) is 1. The maximum absolute atomic E-state index is 12.7. The summed E-state index contributed by atoms with van der Waals surface area (Å²) in [5.41, 5.74) is 0. The normalized spacial score (nSPS) is 22.8. The lowest BCUT2D eigenvalue weighted by atomic mass is 9.97. The molecule has 0 saturated carbocycles. The maximum atomic E-state index is 12.7. The van der Waals surface area contributed by atoms with Crippen molar-refractivity contribution in [3.05, 3.63) is 30.3 Å². The summed E-state index contributed by atoms with van der Waals surface area (Å²) in [5, 5.41) is 3.40. The van der Waals surface area contributed by atoms with Crippen LogP contribution in [0, 0.1) is 5.92 Å². The molecular formula is C17H27N3O2S. The van der Waals surface area contributed by atoms with Crippen LogP contribution in [-0.2, 0) is 10.0 Å². The SMILES string of the molecule is O=S(=O)(c1ccccc1)N1CCCN(CC2CCNCC2)CC1. The number of nitrogens with zero attached hydrogens (tertiary/aromatic N) is 2. The third-order valence-corrected chi connectivity index (χ3v) is 6.82. The Labute approximate surface area is 139 Å². The Balaban J connectivity index is 1.59. The molecule has 1 N–H and O–H groups in total. The lowest BCUT2D eigenvalue weighted by molar-refractivity contribution is 0.213. The molecule has 2 saturated heterocycles. The molecule has 23 heavy (non-hydrogen) atoms. The minimum atomic E-state index is -3.35. The summed E-state index contributed by atoms with van der Waals surface area (Å²) < 4.78 is 27.1. The summed E-state index contributed by atoms with van der Waals surface area (Å²) in [4.78, 5) is 2.86. The van der Waals surface area contributed by atoms with E-state index < -0.39 is 10.0 Å². The second kappa shape index (κ2) is 7.75. The minimum Gasteiger partial charge on any atom is -0.317 e. The zero-order valence-corrected chi connectivity index (χ0v) is 14.5. The third-order valence-electron chi connectivity index (χ3n) is 4.90. The van der Waals surface area contributed by atoms with E-state index in [4.69, 9.17) is 0 Å². The standard InChI is InChI=1S/C17H27N3O2S/c21-23(22,17-5-2-1-3-6-17)20-12-4-11-19(13-14-20)15-16-7-9-18-10-8-16/h1-3,5-6,16,18H,4,7-15H2. The van der Waals surface area contributed by atoms with Crippen LogP contribution >= 0.6 is 0 Å². The highest BCUT2D eigenvalue weighted by atomic mass is 32.2. The molecule has 2 heterocycles. The van der Waals surface area contributed by atoms with Crippen LogP contribution in [0.25, 0.3) is 0 Å². The lowest BCUT2D eigenvalue weighted by Crippen LogP contribution is -2.39. The van der Waals surface area contributed by atoms with Gasteiger partial charge in [0.2, 0.25) is 10.0 Å². The topological polar surface area (TPSA) is 52.7 Å². The second-order valence-corrected chi connectivity index (χ2v) is 8.50. The summed E-state index contributed by atoms with van der Waals surface area (Å²) in [6.07, 6.45) is 3.39. The Hall–Kier alpha value is -0.950. The third kappa shape index (κ3) is 4.32. The molecule has 0 radical (unpaired) electrons. The van der Waals surface area contributed by atoms with Crippen molar-refractivity contribution in [3.63, 3.8) is 0 Å². The molecule has 0 aliphatic carbocycles. The zero-order chi connectivity index (χ0) is 16.1. The van der Waals surface area contributed by atoms with Crippen molar-refractivity contribution in [2.75, 3.05) is 45.8 Å². The molecule has 5 nitrogen and oxygen atoms in total. The molecule has 1 aromatic carbocycles. The van der Waals surface area contributed by atoms with Crippen LogP contribution in [0.4, 0.5) is 0 Å². The number of rotatable bonds is 4. The quantitative estimate of drug-likeness (QED) is 0.902. The molecule has 0 atom stereocenters. The highest BCUT2D eigenvalue weighted by molar-refractivity contribution is 7.89. The van der Waals surface area contributed by atoms with Gasteiger partial charge in [0, 0.05) is 26.2 Å². The first-order valence-corrected chi connectivity index (χ1v) is 10.1. The van der Waals surface area contributed by atoms with Gasteiger partial charge in [-0.3, -0.25) is 0 Å². The fourth-order valence-corrected chi connectivity index (χ4v) is 5.03. The van der Waals surface area contributed by atoms with Crippen molar-refractivity contribution in [1.82, 2.24) is 14.5 Å². The van der Waals surface area contributed by atoms with Gasteiger partial charge in [0.05, 0.1) is 4.90 Å². The fraction of sp³-hybridized carbons (Fsp3) is 0.647. The number of hydrogen-bond donors (Lipinski definition) is 1. The van der Waals surface area contributed by atoms with Crippen molar-refractivity contribution >= 4 is 10.0 Å². The van der Waals surface area contributed by atoms with E-state index in [1.807, 2.05) is 6.07 Å². The second-order valence-electron chi connectivity index (χ2n) is 6.56. The van der Waals surface area contributed by atoms with Gasteiger partial charge in [0.15, 0.2) is 0 Å². The van der Waals surface area contributed by atoms with E-state index in [9.17, 15) is 8.42 Å². The monoisotopic (exact) mass is 337 g/mol. The Morgan fingerprint density at radius 2 is 1.74 bits per heavy atom. The van der Waals surface area contributed by atoms with E-state index in [0.29, 0.717) is 18.0 Å². The predicted octanol–water partition coefficient (Wildman–Crippen LogP) is 1.38. The van der Waals surface area contributed by atoms with Gasteiger partial charge in [-0.15, -0.1) is 0 Å². The lowest BCUT2D eigenvalue weighted by Gasteiger charge is -2.29. The fourth-order valence-electron chi connectivity index (χ4n) is 3.54. The largest absolute Gasteiger partial charge is 0.317 e. The van der Waals surface area contributed by atoms with Crippen molar-refractivity contribution in [1.29, 1.82) is 0 Å². The molecule has 3 rings (SSSR count). The molecule has 0 amide bonds. The molecule has 0 aromatic heterocycles. The van der Waals surface area contributed by atoms with E-state index in [-0.39, 0.29) is 0 Å². The zero-order valence-electron chi connectivity index (χ0n) is 13.7. The highest BCUT2D eigenvalue weighted by Gasteiger charge is 2.27.